The minimum atomic E-state index is -0.181. The maximum atomic E-state index is 9.25. The summed E-state index contributed by atoms with van der Waals surface area (Å²) >= 11 is 0. The van der Waals surface area contributed by atoms with Gasteiger partial charge < -0.3 is 0 Å². The second kappa shape index (κ2) is 5.37. The minimum absolute atomic E-state index is 0.181. The Labute approximate surface area is 127 Å². The molecule has 1 nitrogen and oxygen atoms in total. The molecule has 0 atom stereocenters. The lowest BCUT2D eigenvalue weighted by Crippen LogP contribution is -2.01. The maximum Gasteiger partial charge on any atom is 0.0823 e. The Bertz CT molecular complexity index is 652. The van der Waals surface area contributed by atoms with Gasteiger partial charge in [-0.05, 0) is 47.4 Å². The first-order valence-corrected chi connectivity index (χ1v) is 7.74. The van der Waals surface area contributed by atoms with Crippen LogP contribution >= 0.6 is 0 Å². The molecule has 0 heterocycles. The summed E-state index contributed by atoms with van der Waals surface area (Å²) in [5.74, 6) is 0.691. The summed E-state index contributed by atoms with van der Waals surface area (Å²) in [5.41, 5.74) is 4.86. The fraction of sp³-hybridized carbons (Fsp3) is 0.350. The largest absolute Gasteiger partial charge is 0.197 e. The fourth-order valence-corrected chi connectivity index (χ4v) is 2.88. The van der Waals surface area contributed by atoms with Gasteiger partial charge >= 0.3 is 0 Å². The van der Waals surface area contributed by atoms with Crippen molar-refractivity contribution < 1.29 is 0 Å². The van der Waals surface area contributed by atoms with Crippen LogP contribution in [0.25, 0.3) is 11.1 Å². The maximum absolute atomic E-state index is 9.25. The van der Waals surface area contributed by atoms with E-state index in [1.54, 1.807) is 0 Å². The van der Waals surface area contributed by atoms with Gasteiger partial charge in [-0.15, -0.1) is 0 Å². The van der Waals surface area contributed by atoms with Gasteiger partial charge in [-0.2, -0.15) is 5.26 Å². The number of benzene rings is 2. The van der Waals surface area contributed by atoms with Gasteiger partial charge in [-0.1, -0.05) is 62.4 Å². The highest BCUT2D eigenvalue weighted by atomic mass is 14.5. The summed E-state index contributed by atoms with van der Waals surface area (Å²) in [5, 5.41) is 9.25. The van der Waals surface area contributed by atoms with E-state index in [-0.39, 0.29) is 5.41 Å². The minimum Gasteiger partial charge on any atom is -0.197 e. The Morgan fingerprint density at radius 3 is 1.90 bits per heavy atom. The molecule has 1 aliphatic rings. The lowest BCUT2D eigenvalue weighted by Gasteiger charge is -2.09. The monoisotopic (exact) mass is 275 g/mol. The van der Waals surface area contributed by atoms with E-state index < -0.39 is 0 Å². The molecule has 2 aromatic carbocycles. The highest BCUT2D eigenvalue weighted by Gasteiger charge is 2.44. The molecule has 2 aromatic rings. The van der Waals surface area contributed by atoms with Gasteiger partial charge in [0, 0.05) is 0 Å². The highest BCUT2D eigenvalue weighted by molar-refractivity contribution is 5.64. The van der Waals surface area contributed by atoms with E-state index in [0.717, 1.165) is 19.3 Å². The number of rotatable bonds is 4. The molecule has 1 fully saturated rings. The van der Waals surface area contributed by atoms with Gasteiger partial charge in [0.25, 0.3) is 0 Å². The smallest absolute Gasteiger partial charge is 0.0823 e. The third-order valence-electron chi connectivity index (χ3n) is 4.33. The van der Waals surface area contributed by atoms with Crippen LogP contribution in [0.4, 0.5) is 0 Å². The van der Waals surface area contributed by atoms with Crippen molar-refractivity contribution in [2.45, 2.75) is 38.5 Å². The molecule has 0 aliphatic heterocycles. The summed E-state index contributed by atoms with van der Waals surface area (Å²) in [6.45, 7) is 4.49. The number of nitriles is 1. The Morgan fingerprint density at radius 1 is 0.952 bits per heavy atom. The molecule has 0 spiro atoms. The molecule has 0 N–H and O–H groups in total. The van der Waals surface area contributed by atoms with Gasteiger partial charge in [-0.3, -0.25) is 0 Å². The van der Waals surface area contributed by atoms with E-state index in [4.69, 9.17) is 0 Å². The van der Waals surface area contributed by atoms with E-state index in [1.165, 1.54) is 22.3 Å². The van der Waals surface area contributed by atoms with Crippen LogP contribution in [0.2, 0.25) is 0 Å². The van der Waals surface area contributed by atoms with Crippen molar-refractivity contribution in [2.24, 2.45) is 5.92 Å². The van der Waals surface area contributed by atoms with Crippen LogP contribution in [0.1, 0.15) is 37.8 Å². The van der Waals surface area contributed by atoms with Crippen molar-refractivity contribution in [1.82, 2.24) is 0 Å². The molecule has 1 aliphatic carbocycles. The molecule has 0 unspecified atom stereocenters. The van der Waals surface area contributed by atoms with E-state index in [0.29, 0.717) is 5.92 Å². The van der Waals surface area contributed by atoms with Crippen molar-refractivity contribution in [3.8, 4) is 17.2 Å². The second-order valence-corrected chi connectivity index (χ2v) is 6.57. The first-order valence-electron chi connectivity index (χ1n) is 7.74. The Kier molecular flexibility index (Phi) is 3.55. The predicted octanol–water partition coefficient (Wildman–Crippen LogP) is 5.11. The molecule has 1 heteroatoms. The molecule has 0 bridgehead atoms. The molecular formula is C20H21N. The molecule has 3 rings (SSSR count). The summed E-state index contributed by atoms with van der Waals surface area (Å²) in [6, 6.07) is 19.8. The van der Waals surface area contributed by atoms with Crippen LogP contribution in [-0.4, -0.2) is 0 Å². The SMILES string of the molecule is CC(C)Cc1ccc(-c2ccc(C3(C#N)CC3)cc2)cc1. The zero-order valence-electron chi connectivity index (χ0n) is 12.8. The van der Waals surface area contributed by atoms with E-state index in [9.17, 15) is 5.26 Å². The topological polar surface area (TPSA) is 23.8 Å². The van der Waals surface area contributed by atoms with Crippen molar-refractivity contribution in [2.75, 3.05) is 0 Å². The summed E-state index contributed by atoms with van der Waals surface area (Å²) in [7, 11) is 0. The van der Waals surface area contributed by atoms with Crippen LogP contribution in [0.15, 0.2) is 48.5 Å². The van der Waals surface area contributed by atoms with Crippen LogP contribution in [0.5, 0.6) is 0 Å². The first kappa shape index (κ1) is 13.9. The Balaban J connectivity index is 1.80. The summed E-state index contributed by atoms with van der Waals surface area (Å²) < 4.78 is 0. The van der Waals surface area contributed by atoms with E-state index >= 15 is 0 Å². The van der Waals surface area contributed by atoms with Crippen LogP contribution in [0.3, 0.4) is 0 Å². The second-order valence-electron chi connectivity index (χ2n) is 6.57. The summed E-state index contributed by atoms with van der Waals surface area (Å²) in [4.78, 5) is 0. The van der Waals surface area contributed by atoms with Crippen molar-refractivity contribution >= 4 is 0 Å². The lowest BCUT2D eigenvalue weighted by atomic mass is 9.94. The molecular weight excluding hydrogens is 254 g/mol. The molecule has 106 valence electrons. The molecule has 0 aromatic heterocycles. The van der Waals surface area contributed by atoms with E-state index in [1.807, 2.05) is 0 Å². The fourth-order valence-electron chi connectivity index (χ4n) is 2.88. The van der Waals surface area contributed by atoms with Crippen LogP contribution < -0.4 is 0 Å². The number of hydrogen-bond acceptors (Lipinski definition) is 1. The molecule has 21 heavy (non-hydrogen) atoms. The quantitative estimate of drug-likeness (QED) is 0.761. The molecule has 0 radical (unpaired) electrons. The zero-order valence-corrected chi connectivity index (χ0v) is 12.8. The molecule has 1 saturated carbocycles. The number of nitrogens with zero attached hydrogens (tertiary/aromatic N) is 1. The predicted molar refractivity (Wildman–Crippen MR) is 86.9 cm³/mol. The van der Waals surface area contributed by atoms with E-state index in [2.05, 4.69) is 68.4 Å². The van der Waals surface area contributed by atoms with Crippen LogP contribution in [-0.2, 0) is 11.8 Å². The Hall–Kier alpha value is -2.07. The van der Waals surface area contributed by atoms with Gasteiger partial charge in [0.1, 0.15) is 0 Å². The van der Waals surface area contributed by atoms with Crippen molar-refractivity contribution in [3.63, 3.8) is 0 Å². The Morgan fingerprint density at radius 2 is 1.48 bits per heavy atom. The number of hydrogen-bond donors (Lipinski definition) is 0. The van der Waals surface area contributed by atoms with Gasteiger partial charge in [-0.25, -0.2) is 0 Å². The van der Waals surface area contributed by atoms with Crippen molar-refractivity contribution in [1.29, 1.82) is 5.26 Å². The van der Waals surface area contributed by atoms with Gasteiger partial charge in [0.15, 0.2) is 0 Å². The van der Waals surface area contributed by atoms with Crippen LogP contribution in [0, 0.1) is 17.2 Å². The van der Waals surface area contributed by atoms with Gasteiger partial charge in [0.2, 0.25) is 0 Å². The lowest BCUT2D eigenvalue weighted by molar-refractivity contribution is 0.647. The van der Waals surface area contributed by atoms with Gasteiger partial charge in [0.05, 0.1) is 11.5 Å². The average molecular weight is 275 g/mol. The highest BCUT2D eigenvalue weighted by Crippen LogP contribution is 2.47. The average Bonchev–Trinajstić information content (AvgIpc) is 3.29. The molecule has 0 saturated heterocycles. The summed E-state index contributed by atoms with van der Waals surface area (Å²) in [6.07, 6.45) is 3.14. The third kappa shape index (κ3) is 2.85. The zero-order chi connectivity index (χ0) is 14.9. The van der Waals surface area contributed by atoms with Crippen molar-refractivity contribution in [3.05, 3.63) is 59.7 Å². The normalized spacial score (nSPS) is 15.7. The molecule has 0 amide bonds. The standard InChI is InChI=1S/C20H21N/c1-15(2)13-16-3-5-17(6-4-16)18-7-9-19(10-8-18)20(14-21)11-12-20/h3-10,15H,11-13H2,1-2H3. The first-order chi connectivity index (χ1) is 10.1. The third-order valence-corrected chi connectivity index (χ3v) is 4.33.